The van der Waals surface area contributed by atoms with E-state index in [1.165, 1.54) is 11.3 Å². The summed E-state index contributed by atoms with van der Waals surface area (Å²) in [6.07, 6.45) is 1.03. The molecule has 2 N–H and O–H groups in total. The van der Waals surface area contributed by atoms with E-state index in [-0.39, 0.29) is 5.41 Å². The maximum Gasteiger partial charge on any atom is 0.295 e. The van der Waals surface area contributed by atoms with Crippen LogP contribution in [-0.2, 0) is 4.74 Å². The predicted molar refractivity (Wildman–Crippen MR) is 53.4 cm³/mol. The van der Waals surface area contributed by atoms with Gasteiger partial charge >= 0.3 is 0 Å². The van der Waals surface area contributed by atoms with Crippen molar-refractivity contribution in [3.8, 4) is 5.19 Å². The minimum atomic E-state index is 0.112. The van der Waals surface area contributed by atoms with Gasteiger partial charge in [0, 0.05) is 12.0 Å². The van der Waals surface area contributed by atoms with Gasteiger partial charge in [-0.2, -0.15) is 0 Å². The Bertz CT molecular complexity index is 309. The van der Waals surface area contributed by atoms with Crippen LogP contribution in [0, 0.1) is 5.41 Å². The maximum absolute atomic E-state index is 5.50. The Hall–Kier alpha value is -0.880. The van der Waals surface area contributed by atoms with Crippen molar-refractivity contribution in [2.24, 2.45) is 5.41 Å². The molecule has 0 amide bonds. The van der Waals surface area contributed by atoms with E-state index in [4.69, 9.17) is 15.2 Å². The lowest BCUT2D eigenvalue weighted by atomic mass is 9.91. The van der Waals surface area contributed by atoms with Gasteiger partial charge in [-0.05, 0) is 17.8 Å². The van der Waals surface area contributed by atoms with Crippen molar-refractivity contribution in [3.05, 3.63) is 0 Å². The number of hydrogen-bond acceptors (Lipinski definition) is 6. The third-order valence-corrected chi connectivity index (χ3v) is 2.93. The van der Waals surface area contributed by atoms with Crippen LogP contribution in [0.15, 0.2) is 0 Å². The molecule has 6 heteroatoms. The highest BCUT2D eigenvalue weighted by Crippen LogP contribution is 2.29. The molecule has 14 heavy (non-hydrogen) atoms. The molecule has 2 heterocycles. The van der Waals surface area contributed by atoms with Crippen LogP contribution in [0.4, 0.5) is 5.13 Å². The highest BCUT2D eigenvalue weighted by Gasteiger charge is 2.30. The summed E-state index contributed by atoms with van der Waals surface area (Å²) in [7, 11) is 0. The SMILES string of the molecule is CC1(COc2nnc(N)s2)CCOC1. The largest absolute Gasteiger partial charge is 0.468 e. The Morgan fingerprint density at radius 2 is 2.50 bits per heavy atom. The molecule has 1 aliphatic heterocycles. The second kappa shape index (κ2) is 3.70. The zero-order chi connectivity index (χ0) is 10.0. The molecule has 1 atom stereocenters. The van der Waals surface area contributed by atoms with Crippen molar-refractivity contribution in [2.45, 2.75) is 13.3 Å². The van der Waals surface area contributed by atoms with Gasteiger partial charge in [0.05, 0.1) is 13.2 Å². The molecule has 1 aromatic heterocycles. The van der Waals surface area contributed by atoms with E-state index in [0.717, 1.165) is 19.6 Å². The Kier molecular flexibility index (Phi) is 2.56. The maximum atomic E-state index is 5.50. The first-order valence-corrected chi connectivity index (χ1v) is 5.29. The van der Waals surface area contributed by atoms with E-state index in [1.54, 1.807) is 0 Å². The molecule has 1 aliphatic rings. The van der Waals surface area contributed by atoms with Crippen molar-refractivity contribution >= 4 is 16.5 Å². The molecule has 1 unspecified atom stereocenters. The number of ether oxygens (including phenoxy) is 2. The molecule has 0 radical (unpaired) electrons. The Morgan fingerprint density at radius 1 is 1.64 bits per heavy atom. The molecule has 1 fully saturated rings. The van der Waals surface area contributed by atoms with Crippen molar-refractivity contribution in [3.63, 3.8) is 0 Å². The molecule has 0 spiro atoms. The second-order valence-electron chi connectivity index (χ2n) is 3.81. The average molecular weight is 215 g/mol. The van der Waals surface area contributed by atoms with Gasteiger partial charge in [-0.25, -0.2) is 0 Å². The smallest absolute Gasteiger partial charge is 0.295 e. The minimum absolute atomic E-state index is 0.112. The first-order chi connectivity index (χ1) is 6.68. The van der Waals surface area contributed by atoms with Crippen LogP contribution in [0.2, 0.25) is 0 Å². The molecule has 0 bridgehead atoms. The van der Waals surface area contributed by atoms with Gasteiger partial charge in [0.15, 0.2) is 0 Å². The van der Waals surface area contributed by atoms with Crippen LogP contribution in [0.25, 0.3) is 0 Å². The lowest BCUT2D eigenvalue weighted by Crippen LogP contribution is -2.25. The first-order valence-electron chi connectivity index (χ1n) is 4.47. The van der Waals surface area contributed by atoms with Gasteiger partial charge in [-0.1, -0.05) is 12.0 Å². The van der Waals surface area contributed by atoms with E-state index in [0.29, 0.717) is 16.9 Å². The van der Waals surface area contributed by atoms with Gasteiger partial charge in [0.1, 0.15) is 0 Å². The fourth-order valence-corrected chi connectivity index (χ4v) is 1.80. The molecule has 5 nitrogen and oxygen atoms in total. The van der Waals surface area contributed by atoms with Gasteiger partial charge in [-0.3, -0.25) is 0 Å². The molecular formula is C8H13N3O2S. The van der Waals surface area contributed by atoms with E-state index in [9.17, 15) is 0 Å². The lowest BCUT2D eigenvalue weighted by molar-refractivity contribution is 0.117. The molecular weight excluding hydrogens is 202 g/mol. The summed E-state index contributed by atoms with van der Waals surface area (Å²) in [6.45, 7) is 4.32. The average Bonchev–Trinajstić information content (AvgIpc) is 2.73. The van der Waals surface area contributed by atoms with E-state index < -0.39 is 0 Å². The molecule has 1 saturated heterocycles. The predicted octanol–water partition coefficient (Wildman–Crippen LogP) is 0.926. The number of nitrogens with two attached hydrogens (primary N) is 1. The fourth-order valence-electron chi connectivity index (χ4n) is 1.34. The van der Waals surface area contributed by atoms with Gasteiger partial charge in [0.2, 0.25) is 5.13 Å². The van der Waals surface area contributed by atoms with Crippen LogP contribution >= 0.6 is 11.3 Å². The normalized spacial score (nSPS) is 26.6. The molecule has 0 saturated carbocycles. The van der Waals surface area contributed by atoms with E-state index in [1.807, 2.05) is 0 Å². The molecule has 1 aromatic rings. The van der Waals surface area contributed by atoms with Crippen molar-refractivity contribution in [1.29, 1.82) is 0 Å². The lowest BCUT2D eigenvalue weighted by Gasteiger charge is -2.20. The summed E-state index contributed by atoms with van der Waals surface area (Å²) < 4.78 is 10.8. The van der Waals surface area contributed by atoms with Gasteiger partial charge in [0.25, 0.3) is 5.19 Å². The number of anilines is 1. The molecule has 2 rings (SSSR count). The number of aromatic nitrogens is 2. The molecule has 0 aliphatic carbocycles. The highest BCUT2D eigenvalue weighted by atomic mass is 32.1. The summed E-state index contributed by atoms with van der Waals surface area (Å²) >= 11 is 1.26. The zero-order valence-corrected chi connectivity index (χ0v) is 8.84. The van der Waals surface area contributed by atoms with Crippen molar-refractivity contribution < 1.29 is 9.47 Å². The zero-order valence-electron chi connectivity index (χ0n) is 8.02. The summed E-state index contributed by atoms with van der Waals surface area (Å²) in [4.78, 5) is 0. The van der Waals surface area contributed by atoms with Crippen LogP contribution in [-0.4, -0.2) is 30.0 Å². The minimum Gasteiger partial charge on any atom is -0.468 e. The third-order valence-electron chi connectivity index (χ3n) is 2.27. The Labute approximate surface area is 86.2 Å². The monoisotopic (exact) mass is 215 g/mol. The van der Waals surface area contributed by atoms with Crippen molar-refractivity contribution in [2.75, 3.05) is 25.6 Å². The standard InChI is InChI=1S/C8H13N3O2S/c1-8(2-3-12-4-8)5-13-7-11-10-6(9)14-7/h2-5H2,1H3,(H2,9,10). The summed E-state index contributed by atoms with van der Waals surface area (Å²) in [5.74, 6) is 0. The number of nitrogens with zero attached hydrogens (tertiary/aromatic N) is 2. The number of rotatable bonds is 3. The number of nitrogen functional groups attached to an aromatic ring is 1. The third kappa shape index (κ3) is 2.13. The topological polar surface area (TPSA) is 70.3 Å². The Morgan fingerprint density at radius 3 is 3.07 bits per heavy atom. The fraction of sp³-hybridized carbons (Fsp3) is 0.750. The van der Waals surface area contributed by atoms with Crippen LogP contribution in [0.3, 0.4) is 0 Å². The Balaban J connectivity index is 1.87. The molecule has 78 valence electrons. The van der Waals surface area contributed by atoms with E-state index >= 15 is 0 Å². The van der Waals surface area contributed by atoms with Crippen LogP contribution in [0.1, 0.15) is 13.3 Å². The van der Waals surface area contributed by atoms with Gasteiger partial charge in [-0.15, -0.1) is 5.10 Å². The second-order valence-corrected chi connectivity index (χ2v) is 4.78. The quantitative estimate of drug-likeness (QED) is 0.812. The van der Waals surface area contributed by atoms with E-state index in [2.05, 4.69) is 17.1 Å². The number of hydrogen-bond donors (Lipinski definition) is 1. The van der Waals surface area contributed by atoms with Gasteiger partial charge < -0.3 is 15.2 Å². The van der Waals surface area contributed by atoms with Crippen molar-refractivity contribution in [1.82, 2.24) is 10.2 Å². The first kappa shape index (κ1) is 9.67. The summed E-state index contributed by atoms with van der Waals surface area (Å²) in [5, 5.41) is 8.44. The summed E-state index contributed by atoms with van der Waals surface area (Å²) in [5.41, 5.74) is 5.55. The summed E-state index contributed by atoms with van der Waals surface area (Å²) in [6, 6.07) is 0. The van der Waals surface area contributed by atoms with Crippen LogP contribution in [0.5, 0.6) is 5.19 Å². The van der Waals surface area contributed by atoms with Crippen LogP contribution < -0.4 is 10.5 Å². The highest BCUT2D eigenvalue weighted by molar-refractivity contribution is 7.16. The molecule has 0 aromatic carbocycles.